The van der Waals surface area contributed by atoms with Gasteiger partial charge in [-0.05, 0) is 57.5 Å². The molecule has 0 radical (unpaired) electrons. The highest BCUT2D eigenvalue weighted by Gasteiger charge is 2.27. The van der Waals surface area contributed by atoms with Crippen molar-refractivity contribution >= 4 is 5.91 Å². The molecule has 1 aromatic rings. The van der Waals surface area contributed by atoms with Gasteiger partial charge in [0.25, 0.3) is 5.91 Å². The SMILES string of the molecule is CCc1ccc(C(=O)N[C@@H]2CC[C@H](N(C)C)C2)cc1. The van der Waals surface area contributed by atoms with E-state index in [4.69, 9.17) is 0 Å². The van der Waals surface area contributed by atoms with Crippen LogP contribution in [0, 0.1) is 0 Å². The summed E-state index contributed by atoms with van der Waals surface area (Å²) in [4.78, 5) is 14.4. The van der Waals surface area contributed by atoms with Crippen molar-refractivity contribution in [1.82, 2.24) is 10.2 Å². The molecule has 1 N–H and O–H groups in total. The summed E-state index contributed by atoms with van der Waals surface area (Å²) in [6.45, 7) is 2.12. The van der Waals surface area contributed by atoms with Crippen molar-refractivity contribution in [2.24, 2.45) is 0 Å². The molecule has 2 rings (SSSR count). The van der Waals surface area contributed by atoms with Gasteiger partial charge in [-0.25, -0.2) is 0 Å². The summed E-state index contributed by atoms with van der Waals surface area (Å²) < 4.78 is 0. The minimum absolute atomic E-state index is 0.0621. The number of amides is 1. The second kappa shape index (κ2) is 6.20. The van der Waals surface area contributed by atoms with Gasteiger partial charge in [-0.2, -0.15) is 0 Å². The molecule has 1 aliphatic carbocycles. The highest BCUT2D eigenvalue weighted by atomic mass is 16.1. The summed E-state index contributed by atoms with van der Waals surface area (Å²) in [6.07, 6.45) is 4.33. The van der Waals surface area contributed by atoms with Gasteiger partial charge in [-0.1, -0.05) is 19.1 Å². The van der Waals surface area contributed by atoms with Gasteiger partial charge in [-0.15, -0.1) is 0 Å². The van der Waals surface area contributed by atoms with E-state index in [1.165, 1.54) is 12.0 Å². The van der Waals surface area contributed by atoms with E-state index in [2.05, 4.69) is 31.2 Å². The maximum atomic E-state index is 12.2. The summed E-state index contributed by atoms with van der Waals surface area (Å²) in [5.74, 6) is 0.0621. The fraction of sp³-hybridized carbons (Fsp3) is 0.562. The summed E-state index contributed by atoms with van der Waals surface area (Å²) in [5.41, 5.74) is 2.04. The Morgan fingerprint density at radius 1 is 1.26 bits per heavy atom. The topological polar surface area (TPSA) is 32.3 Å². The molecule has 0 saturated heterocycles. The summed E-state index contributed by atoms with van der Waals surface area (Å²) in [5, 5.41) is 3.15. The standard InChI is InChI=1S/C16H24N2O/c1-4-12-5-7-13(8-6-12)16(19)17-14-9-10-15(11-14)18(2)3/h5-8,14-15H,4,9-11H2,1-3H3,(H,17,19)/t14-,15+/m1/s1. The molecule has 1 aromatic carbocycles. The molecule has 1 amide bonds. The molecule has 3 nitrogen and oxygen atoms in total. The molecule has 0 bridgehead atoms. The second-order valence-electron chi connectivity index (χ2n) is 5.65. The summed E-state index contributed by atoms with van der Waals surface area (Å²) in [7, 11) is 4.22. The molecule has 3 heteroatoms. The van der Waals surface area contributed by atoms with Gasteiger partial charge in [0.1, 0.15) is 0 Å². The lowest BCUT2D eigenvalue weighted by Gasteiger charge is -2.19. The molecule has 0 aliphatic heterocycles. The first-order valence-electron chi connectivity index (χ1n) is 7.16. The van der Waals surface area contributed by atoms with Gasteiger partial charge in [0, 0.05) is 17.6 Å². The summed E-state index contributed by atoms with van der Waals surface area (Å²) in [6, 6.07) is 8.84. The molecule has 104 valence electrons. The Hall–Kier alpha value is -1.35. The lowest BCUT2D eigenvalue weighted by Crippen LogP contribution is -2.34. The number of nitrogens with one attached hydrogen (secondary N) is 1. The van der Waals surface area contributed by atoms with Crippen LogP contribution in [0.1, 0.15) is 42.1 Å². The monoisotopic (exact) mass is 260 g/mol. The average Bonchev–Trinajstić information content (AvgIpc) is 2.87. The van der Waals surface area contributed by atoms with Crippen molar-refractivity contribution in [3.05, 3.63) is 35.4 Å². The Labute approximate surface area is 116 Å². The number of benzene rings is 1. The van der Waals surface area contributed by atoms with Crippen molar-refractivity contribution in [3.63, 3.8) is 0 Å². The molecule has 0 heterocycles. The number of hydrogen-bond donors (Lipinski definition) is 1. The first-order valence-corrected chi connectivity index (χ1v) is 7.16. The van der Waals surface area contributed by atoms with E-state index >= 15 is 0 Å². The van der Waals surface area contributed by atoms with Crippen LogP contribution in [0.4, 0.5) is 0 Å². The Morgan fingerprint density at radius 2 is 1.95 bits per heavy atom. The number of carbonyl (C=O) groups excluding carboxylic acids is 1. The van der Waals surface area contributed by atoms with Crippen molar-refractivity contribution < 1.29 is 4.79 Å². The lowest BCUT2D eigenvalue weighted by atomic mass is 10.1. The van der Waals surface area contributed by atoms with Crippen molar-refractivity contribution in [3.8, 4) is 0 Å². The van der Waals surface area contributed by atoms with E-state index in [-0.39, 0.29) is 5.91 Å². The van der Waals surface area contributed by atoms with Crippen molar-refractivity contribution in [2.45, 2.75) is 44.7 Å². The molecule has 1 aliphatic rings. The second-order valence-corrected chi connectivity index (χ2v) is 5.65. The third-order valence-electron chi connectivity index (χ3n) is 4.09. The largest absolute Gasteiger partial charge is 0.349 e. The highest BCUT2D eigenvalue weighted by Crippen LogP contribution is 2.22. The van der Waals surface area contributed by atoms with E-state index in [1.807, 2.05) is 24.3 Å². The van der Waals surface area contributed by atoms with Gasteiger partial charge in [-0.3, -0.25) is 4.79 Å². The van der Waals surface area contributed by atoms with Gasteiger partial charge in [0.15, 0.2) is 0 Å². The van der Waals surface area contributed by atoms with Crippen LogP contribution in [0.2, 0.25) is 0 Å². The first-order chi connectivity index (χ1) is 9.10. The maximum Gasteiger partial charge on any atom is 0.251 e. The Balaban J connectivity index is 1.90. The fourth-order valence-electron chi connectivity index (χ4n) is 2.72. The molecular formula is C16H24N2O. The van der Waals surface area contributed by atoms with E-state index in [0.29, 0.717) is 12.1 Å². The quantitative estimate of drug-likeness (QED) is 0.902. The number of nitrogens with zero attached hydrogens (tertiary/aromatic N) is 1. The Bertz CT molecular complexity index is 425. The first kappa shape index (κ1) is 14.1. The number of hydrogen-bond acceptors (Lipinski definition) is 2. The normalized spacial score (nSPS) is 22.7. The fourth-order valence-corrected chi connectivity index (χ4v) is 2.72. The third kappa shape index (κ3) is 3.57. The van der Waals surface area contributed by atoms with E-state index < -0.39 is 0 Å². The molecule has 0 aromatic heterocycles. The average molecular weight is 260 g/mol. The third-order valence-corrected chi connectivity index (χ3v) is 4.09. The zero-order valence-electron chi connectivity index (χ0n) is 12.1. The highest BCUT2D eigenvalue weighted by molar-refractivity contribution is 5.94. The minimum atomic E-state index is 0.0621. The lowest BCUT2D eigenvalue weighted by molar-refractivity contribution is 0.0936. The zero-order valence-corrected chi connectivity index (χ0v) is 12.1. The van der Waals surface area contributed by atoms with Crippen molar-refractivity contribution in [2.75, 3.05) is 14.1 Å². The van der Waals surface area contributed by atoms with Crippen LogP contribution in [-0.4, -0.2) is 37.0 Å². The van der Waals surface area contributed by atoms with Gasteiger partial charge in [0.2, 0.25) is 0 Å². The molecular weight excluding hydrogens is 236 g/mol. The smallest absolute Gasteiger partial charge is 0.251 e. The molecule has 19 heavy (non-hydrogen) atoms. The Morgan fingerprint density at radius 3 is 2.47 bits per heavy atom. The molecule has 1 fully saturated rings. The number of rotatable bonds is 4. The minimum Gasteiger partial charge on any atom is -0.349 e. The van der Waals surface area contributed by atoms with Crippen LogP contribution in [0.15, 0.2) is 24.3 Å². The van der Waals surface area contributed by atoms with Gasteiger partial charge >= 0.3 is 0 Å². The van der Waals surface area contributed by atoms with E-state index in [9.17, 15) is 4.79 Å². The maximum absolute atomic E-state index is 12.2. The van der Waals surface area contributed by atoms with Crippen LogP contribution in [0.25, 0.3) is 0 Å². The van der Waals surface area contributed by atoms with E-state index in [0.717, 1.165) is 24.8 Å². The molecule has 2 atom stereocenters. The number of aryl methyl sites for hydroxylation is 1. The molecule has 0 unspecified atom stereocenters. The molecule has 0 spiro atoms. The predicted molar refractivity (Wildman–Crippen MR) is 78.4 cm³/mol. The van der Waals surface area contributed by atoms with Crippen LogP contribution >= 0.6 is 0 Å². The van der Waals surface area contributed by atoms with Crippen LogP contribution in [-0.2, 0) is 6.42 Å². The van der Waals surface area contributed by atoms with Crippen LogP contribution in [0.5, 0.6) is 0 Å². The van der Waals surface area contributed by atoms with Crippen LogP contribution in [0.3, 0.4) is 0 Å². The number of carbonyl (C=O) groups is 1. The summed E-state index contributed by atoms with van der Waals surface area (Å²) >= 11 is 0. The zero-order chi connectivity index (χ0) is 13.8. The van der Waals surface area contributed by atoms with E-state index in [1.54, 1.807) is 0 Å². The van der Waals surface area contributed by atoms with Crippen LogP contribution < -0.4 is 5.32 Å². The van der Waals surface area contributed by atoms with Crippen molar-refractivity contribution in [1.29, 1.82) is 0 Å². The van der Waals surface area contributed by atoms with Gasteiger partial charge < -0.3 is 10.2 Å². The Kier molecular flexibility index (Phi) is 4.59. The molecule has 1 saturated carbocycles. The predicted octanol–water partition coefficient (Wildman–Crippen LogP) is 2.46. The van der Waals surface area contributed by atoms with Gasteiger partial charge in [0.05, 0.1) is 0 Å².